The molecule has 2 heterocycles. The van der Waals surface area contributed by atoms with Crippen LogP contribution in [0.4, 0.5) is 0 Å². The molecule has 0 atom stereocenters. The van der Waals surface area contributed by atoms with Crippen molar-refractivity contribution in [2.45, 2.75) is 44.2 Å². The van der Waals surface area contributed by atoms with Crippen LogP contribution in [0.5, 0.6) is 0 Å². The van der Waals surface area contributed by atoms with Gasteiger partial charge < -0.3 is 9.47 Å². The molecule has 9 heteroatoms. The van der Waals surface area contributed by atoms with Crippen LogP contribution >= 0.6 is 12.2 Å². The van der Waals surface area contributed by atoms with Gasteiger partial charge in [0, 0.05) is 13.0 Å². The number of nitrogens with zero attached hydrogens (tertiary/aromatic N) is 4. The molecule has 1 saturated carbocycles. The lowest BCUT2D eigenvalue weighted by Gasteiger charge is -2.31. The van der Waals surface area contributed by atoms with Gasteiger partial charge >= 0.3 is 0 Å². The number of piperazine rings is 1. The van der Waals surface area contributed by atoms with Crippen LogP contribution in [0.3, 0.4) is 0 Å². The second kappa shape index (κ2) is 7.37. The Kier molecular flexibility index (Phi) is 5.20. The maximum absolute atomic E-state index is 13.0. The first-order chi connectivity index (χ1) is 13.3. The second-order valence-electron chi connectivity index (χ2n) is 8.05. The molecule has 7 nitrogen and oxygen atoms in total. The van der Waals surface area contributed by atoms with E-state index in [4.69, 9.17) is 17.3 Å². The summed E-state index contributed by atoms with van der Waals surface area (Å²) >= 11 is 5.54. The van der Waals surface area contributed by atoms with Crippen LogP contribution in [0.15, 0.2) is 23.1 Å². The molecule has 1 aromatic carbocycles. The predicted octanol–water partition coefficient (Wildman–Crippen LogP) is 0.992. The van der Waals surface area contributed by atoms with Crippen LogP contribution in [0.2, 0.25) is 0 Å². The summed E-state index contributed by atoms with van der Waals surface area (Å²) in [5.74, 6) is 1.64. The van der Waals surface area contributed by atoms with Crippen molar-refractivity contribution < 1.29 is 13.3 Å². The molecule has 0 spiro atoms. The Morgan fingerprint density at radius 2 is 1.89 bits per heavy atom. The average molecular weight is 423 g/mol. The molecular weight excluding hydrogens is 394 g/mol. The number of quaternary nitrogens is 1. The SMILES string of the molecule is Cc1ccc(S(=O)(=O)N2CC[NH+](Cn3nc(C4CC4)n(C)c3=S)CC2)c(C)c1. The zero-order chi connectivity index (χ0) is 20.1. The fourth-order valence-electron chi connectivity index (χ4n) is 3.95. The van der Waals surface area contributed by atoms with Crippen molar-refractivity contribution >= 4 is 22.2 Å². The topological polar surface area (TPSA) is 64.6 Å². The van der Waals surface area contributed by atoms with E-state index >= 15 is 0 Å². The fraction of sp³-hybridized carbons (Fsp3) is 0.579. The third-order valence-electron chi connectivity index (χ3n) is 5.77. The van der Waals surface area contributed by atoms with E-state index in [1.54, 1.807) is 10.4 Å². The molecule has 2 aromatic rings. The Bertz CT molecular complexity index is 1040. The third-order valence-corrected chi connectivity index (χ3v) is 8.31. The van der Waals surface area contributed by atoms with Crippen molar-refractivity contribution in [1.82, 2.24) is 18.7 Å². The van der Waals surface area contributed by atoms with Crippen molar-refractivity contribution in [3.05, 3.63) is 39.9 Å². The van der Waals surface area contributed by atoms with Crippen LogP contribution in [-0.4, -0.2) is 53.2 Å². The Morgan fingerprint density at radius 3 is 2.50 bits per heavy atom. The van der Waals surface area contributed by atoms with E-state index in [9.17, 15) is 8.42 Å². The molecule has 0 amide bonds. The van der Waals surface area contributed by atoms with Crippen molar-refractivity contribution in [1.29, 1.82) is 0 Å². The minimum absolute atomic E-state index is 0.419. The zero-order valence-corrected chi connectivity index (χ0v) is 18.3. The number of sulfonamides is 1. The van der Waals surface area contributed by atoms with Gasteiger partial charge in [-0.3, -0.25) is 0 Å². The minimum atomic E-state index is -3.45. The van der Waals surface area contributed by atoms with Gasteiger partial charge in [-0.15, -0.1) is 0 Å². The van der Waals surface area contributed by atoms with Crippen LogP contribution in [-0.2, 0) is 23.7 Å². The average Bonchev–Trinajstić information content (AvgIpc) is 3.45. The first-order valence-electron chi connectivity index (χ1n) is 9.82. The van der Waals surface area contributed by atoms with Gasteiger partial charge in [0.2, 0.25) is 14.8 Å². The maximum atomic E-state index is 13.0. The number of benzene rings is 1. The summed E-state index contributed by atoms with van der Waals surface area (Å²) in [6.45, 7) is 7.06. The number of nitrogens with one attached hydrogen (secondary N) is 1. The standard InChI is InChI=1S/C19H27N5O2S2/c1-14-4-7-17(15(2)12-14)28(25,26)23-10-8-22(9-11-23)13-24-19(27)21(3)18(20-24)16-5-6-16/h4,7,12,16H,5-6,8-11,13H2,1-3H3/p+1. The number of rotatable bonds is 5. The number of aromatic nitrogens is 3. The van der Waals surface area contributed by atoms with Gasteiger partial charge in [-0.25, -0.2) is 8.42 Å². The van der Waals surface area contributed by atoms with Crippen LogP contribution in [0.1, 0.15) is 35.7 Å². The summed E-state index contributed by atoms with van der Waals surface area (Å²) in [6.07, 6.45) is 2.39. The van der Waals surface area contributed by atoms with E-state index in [2.05, 4.69) is 0 Å². The fourth-order valence-corrected chi connectivity index (χ4v) is 5.79. The van der Waals surface area contributed by atoms with Crippen molar-refractivity contribution in [3.63, 3.8) is 0 Å². The van der Waals surface area contributed by atoms with Crippen LogP contribution < -0.4 is 4.90 Å². The highest BCUT2D eigenvalue weighted by molar-refractivity contribution is 7.89. The second-order valence-corrected chi connectivity index (χ2v) is 10.3. The molecular formula is C19H28N5O2S2+. The molecule has 28 heavy (non-hydrogen) atoms. The normalized spacial score (nSPS) is 19.2. The monoisotopic (exact) mass is 422 g/mol. The van der Waals surface area contributed by atoms with Crippen molar-refractivity contribution in [2.24, 2.45) is 7.05 Å². The Labute approximate surface area is 171 Å². The van der Waals surface area contributed by atoms with Crippen LogP contribution in [0, 0.1) is 18.6 Å². The van der Waals surface area contributed by atoms with Crippen molar-refractivity contribution in [2.75, 3.05) is 26.2 Å². The third kappa shape index (κ3) is 3.68. The van der Waals surface area contributed by atoms with E-state index in [1.807, 2.05) is 42.3 Å². The van der Waals surface area contributed by atoms with Gasteiger partial charge in [-0.1, -0.05) is 17.7 Å². The Hall–Kier alpha value is -1.55. The Morgan fingerprint density at radius 1 is 1.21 bits per heavy atom. The molecule has 152 valence electrons. The molecule has 1 saturated heterocycles. The summed E-state index contributed by atoms with van der Waals surface area (Å²) < 4.78 is 32.4. The molecule has 1 aliphatic heterocycles. The molecule has 2 fully saturated rings. The number of hydrogen-bond acceptors (Lipinski definition) is 4. The number of aryl methyl sites for hydroxylation is 2. The Balaban J connectivity index is 1.43. The number of hydrogen-bond donors (Lipinski definition) is 1. The predicted molar refractivity (Wildman–Crippen MR) is 109 cm³/mol. The van der Waals surface area contributed by atoms with Gasteiger partial charge in [-0.05, 0) is 50.5 Å². The van der Waals surface area contributed by atoms with E-state index < -0.39 is 10.0 Å². The highest BCUT2D eigenvalue weighted by atomic mass is 32.2. The quantitative estimate of drug-likeness (QED) is 0.730. The van der Waals surface area contributed by atoms with Crippen molar-refractivity contribution in [3.8, 4) is 0 Å². The first-order valence-corrected chi connectivity index (χ1v) is 11.7. The highest BCUT2D eigenvalue weighted by Gasteiger charge is 2.33. The largest absolute Gasteiger partial charge is 0.314 e. The summed E-state index contributed by atoms with van der Waals surface area (Å²) in [5, 5.41) is 4.72. The molecule has 0 bridgehead atoms. The summed E-state index contributed by atoms with van der Waals surface area (Å²) in [7, 11) is -1.46. The van der Waals surface area contributed by atoms with Gasteiger partial charge in [0.25, 0.3) is 0 Å². The van der Waals surface area contributed by atoms with E-state index in [0.29, 0.717) is 30.6 Å². The van der Waals surface area contributed by atoms with E-state index in [0.717, 1.165) is 34.8 Å². The molecule has 1 N–H and O–H groups in total. The highest BCUT2D eigenvalue weighted by Crippen LogP contribution is 2.38. The van der Waals surface area contributed by atoms with Gasteiger partial charge in [-0.2, -0.15) is 14.1 Å². The molecule has 1 aromatic heterocycles. The lowest BCUT2D eigenvalue weighted by molar-refractivity contribution is -0.926. The van der Waals surface area contributed by atoms with Gasteiger partial charge in [0.1, 0.15) is 5.82 Å². The molecule has 2 aliphatic rings. The lowest BCUT2D eigenvalue weighted by atomic mass is 10.2. The summed E-state index contributed by atoms with van der Waals surface area (Å²) in [5.41, 5.74) is 1.88. The first kappa shape index (κ1) is 19.8. The minimum Gasteiger partial charge on any atom is -0.314 e. The van der Waals surface area contributed by atoms with E-state index in [1.165, 1.54) is 17.7 Å². The van der Waals surface area contributed by atoms with Gasteiger partial charge in [0.05, 0.1) is 31.1 Å². The molecule has 1 aliphatic carbocycles. The lowest BCUT2D eigenvalue weighted by Crippen LogP contribution is -3.14. The molecule has 4 rings (SSSR count). The zero-order valence-electron chi connectivity index (χ0n) is 16.7. The molecule has 0 unspecified atom stereocenters. The summed E-state index contributed by atoms with van der Waals surface area (Å²) in [6, 6.07) is 5.52. The maximum Gasteiger partial charge on any atom is 0.243 e. The smallest absolute Gasteiger partial charge is 0.243 e. The molecule has 0 radical (unpaired) electrons. The van der Waals surface area contributed by atoms with Gasteiger partial charge in [0.15, 0.2) is 6.67 Å². The summed E-state index contributed by atoms with van der Waals surface area (Å²) in [4.78, 5) is 1.73. The van der Waals surface area contributed by atoms with E-state index in [-0.39, 0.29) is 0 Å². The van der Waals surface area contributed by atoms with Crippen LogP contribution in [0.25, 0.3) is 0 Å².